The van der Waals surface area contributed by atoms with Crippen LogP contribution in [0.3, 0.4) is 0 Å². The van der Waals surface area contributed by atoms with Gasteiger partial charge in [0, 0.05) is 25.2 Å². The molecule has 13 heteroatoms. The van der Waals surface area contributed by atoms with Crippen molar-refractivity contribution in [1.29, 1.82) is 0 Å². The van der Waals surface area contributed by atoms with E-state index in [1.165, 1.54) is 0 Å². The van der Waals surface area contributed by atoms with Gasteiger partial charge in [0.15, 0.2) is 11.3 Å². The number of carbonyl (C=O) groups excluding carboxylic acids is 2. The molecule has 230 valence electrons. The van der Waals surface area contributed by atoms with Gasteiger partial charge in [-0.15, -0.1) is 0 Å². The number of aromatic nitrogens is 5. The van der Waals surface area contributed by atoms with E-state index < -0.39 is 23.5 Å². The van der Waals surface area contributed by atoms with Gasteiger partial charge in [-0.1, -0.05) is 19.0 Å². The van der Waals surface area contributed by atoms with Crippen LogP contribution in [0.1, 0.15) is 123 Å². The minimum absolute atomic E-state index is 0.0638. The number of rotatable bonds is 10. The fourth-order valence-corrected chi connectivity index (χ4v) is 7.52. The van der Waals surface area contributed by atoms with Gasteiger partial charge in [-0.2, -0.15) is 5.10 Å². The molecule has 10 nitrogen and oxygen atoms in total. The summed E-state index contributed by atoms with van der Waals surface area (Å²) in [6.07, 6.45) is 7.10. The Morgan fingerprint density at radius 3 is 2.37 bits per heavy atom. The van der Waals surface area contributed by atoms with E-state index in [0.717, 1.165) is 18.4 Å². The SMILES string of the molecule is CC(C)c1nonc1C(=O)N[C@H](c1cn2ncc([C@H](NC(=O)CC34CC(F)(C3)C4)C3CC3)cc2n1)C1CCC(F)(F)CC1. The molecule has 3 aromatic heterocycles. The van der Waals surface area contributed by atoms with Crippen molar-refractivity contribution < 1.29 is 27.4 Å². The summed E-state index contributed by atoms with van der Waals surface area (Å²) in [6, 6.07) is 1.00. The third-order valence-electron chi connectivity index (χ3n) is 9.85. The summed E-state index contributed by atoms with van der Waals surface area (Å²) in [7, 11) is 0. The Hall–Kier alpha value is -3.51. The van der Waals surface area contributed by atoms with Crippen molar-refractivity contribution in [1.82, 2.24) is 35.5 Å². The molecule has 5 aliphatic carbocycles. The van der Waals surface area contributed by atoms with E-state index in [-0.39, 0.29) is 60.6 Å². The van der Waals surface area contributed by atoms with Gasteiger partial charge in [0.05, 0.1) is 30.2 Å². The lowest BCUT2D eigenvalue weighted by atomic mass is 9.41. The highest BCUT2D eigenvalue weighted by atomic mass is 19.3. The molecule has 5 aliphatic rings. The second kappa shape index (κ2) is 10.0. The second-order valence-corrected chi connectivity index (χ2v) is 13.8. The lowest BCUT2D eigenvalue weighted by Gasteiger charge is -2.65. The minimum Gasteiger partial charge on any atom is -0.349 e. The maximum absolute atomic E-state index is 14.1. The fraction of sp³-hybridized carbons (Fsp3) is 0.667. The van der Waals surface area contributed by atoms with Crippen molar-refractivity contribution >= 4 is 17.5 Å². The Kier molecular flexibility index (Phi) is 6.59. The standard InChI is InChI=1S/C30H36F3N7O3/c1-16(2)23-26(39-43-38-23)27(42)37-25(18-5-7-30(32,33)8-6-18)20-12-40-21(35-20)9-19(11-34-40)24(17-3-4-17)36-22(41)10-28-13-29(31,14-28)15-28/h9,11-12,16-18,24-25H,3-8,10,13-15H2,1-2H3,(H,36,41)(H,37,42)/t24-,25+,28?,29?/m1/s1. The first-order valence-electron chi connectivity index (χ1n) is 15.3. The molecule has 5 saturated carbocycles. The molecule has 0 unspecified atom stereocenters. The summed E-state index contributed by atoms with van der Waals surface area (Å²) in [5, 5.41) is 18.4. The molecule has 3 aromatic rings. The molecular weight excluding hydrogens is 563 g/mol. The first-order valence-corrected chi connectivity index (χ1v) is 15.3. The lowest BCUT2D eigenvalue weighted by molar-refractivity contribution is -0.215. The molecule has 3 heterocycles. The highest BCUT2D eigenvalue weighted by molar-refractivity contribution is 5.93. The molecule has 0 aromatic carbocycles. The zero-order valence-electron chi connectivity index (χ0n) is 24.3. The molecule has 8 rings (SSSR count). The summed E-state index contributed by atoms with van der Waals surface area (Å²) in [4.78, 5) is 31.1. The van der Waals surface area contributed by atoms with Crippen molar-refractivity contribution in [2.45, 2.75) is 108 Å². The highest BCUT2D eigenvalue weighted by Gasteiger charge is 2.69. The van der Waals surface area contributed by atoms with Crippen molar-refractivity contribution in [3.8, 4) is 0 Å². The molecule has 0 aliphatic heterocycles. The molecule has 2 amide bonds. The number of amides is 2. The first kappa shape index (κ1) is 28.3. The van der Waals surface area contributed by atoms with Gasteiger partial charge in [0.2, 0.25) is 11.8 Å². The molecule has 0 spiro atoms. The number of carbonyl (C=O) groups is 2. The summed E-state index contributed by atoms with van der Waals surface area (Å²) in [5.41, 5.74) is 1.13. The molecule has 5 fully saturated rings. The van der Waals surface area contributed by atoms with Gasteiger partial charge < -0.3 is 10.6 Å². The van der Waals surface area contributed by atoms with Crippen molar-refractivity contribution in [2.75, 3.05) is 0 Å². The van der Waals surface area contributed by atoms with E-state index in [1.54, 1.807) is 16.9 Å². The van der Waals surface area contributed by atoms with E-state index in [2.05, 4.69) is 26.0 Å². The Morgan fingerprint density at radius 1 is 1.02 bits per heavy atom. The van der Waals surface area contributed by atoms with Gasteiger partial charge in [0.25, 0.3) is 5.91 Å². The third kappa shape index (κ3) is 5.39. The first-order chi connectivity index (χ1) is 20.4. The quantitative estimate of drug-likeness (QED) is 0.320. The number of alkyl halides is 3. The van der Waals surface area contributed by atoms with Crippen LogP contribution >= 0.6 is 0 Å². The van der Waals surface area contributed by atoms with E-state index >= 15 is 0 Å². The maximum Gasteiger partial charge on any atom is 0.276 e. The lowest BCUT2D eigenvalue weighted by Crippen LogP contribution is -2.65. The number of hydrogen-bond donors (Lipinski definition) is 2. The predicted octanol–water partition coefficient (Wildman–Crippen LogP) is 5.38. The molecule has 0 saturated heterocycles. The van der Waals surface area contributed by atoms with Crippen molar-refractivity contribution in [2.24, 2.45) is 17.3 Å². The topological polar surface area (TPSA) is 127 Å². The van der Waals surface area contributed by atoms with E-state index in [9.17, 15) is 22.8 Å². The summed E-state index contributed by atoms with van der Waals surface area (Å²) in [6.45, 7) is 3.74. The van der Waals surface area contributed by atoms with E-state index in [1.807, 2.05) is 19.9 Å². The van der Waals surface area contributed by atoms with Crippen molar-refractivity contribution in [3.63, 3.8) is 0 Å². The van der Waals surface area contributed by atoms with Gasteiger partial charge in [-0.3, -0.25) is 9.59 Å². The van der Waals surface area contributed by atoms with E-state index in [0.29, 0.717) is 48.6 Å². The van der Waals surface area contributed by atoms with Gasteiger partial charge in [0.1, 0.15) is 11.4 Å². The van der Waals surface area contributed by atoms with Crippen LogP contribution in [0.25, 0.3) is 5.65 Å². The van der Waals surface area contributed by atoms with Crippen molar-refractivity contribution in [3.05, 3.63) is 41.1 Å². The molecule has 0 radical (unpaired) electrons. The molecular formula is C30H36F3N7O3. The number of halogens is 3. The van der Waals surface area contributed by atoms with Gasteiger partial charge >= 0.3 is 0 Å². The van der Waals surface area contributed by atoms with Gasteiger partial charge in [-0.25, -0.2) is 27.3 Å². The average molecular weight is 600 g/mol. The second-order valence-electron chi connectivity index (χ2n) is 13.8. The zero-order valence-corrected chi connectivity index (χ0v) is 24.3. The Labute approximate surface area is 246 Å². The Bertz CT molecular complexity index is 1540. The molecule has 43 heavy (non-hydrogen) atoms. The third-order valence-corrected chi connectivity index (χ3v) is 9.85. The fourth-order valence-electron chi connectivity index (χ4n) is 7.52. The largest absolute Gasteiger partial charge is 0.349 e. The monoisotopic (exact) mass is 599 g/mol. The van der Waals surface area contributed by atoms with Crippen LogP contribution in [-0.4, -0.2) is 48.3 Å². The zero-order chi connectivity index (χ0) is 30.1. The smallest absolute Gasteiger partial charge is 0.276 e. The predicted molar refractivity (Wildman–Crippen MR) is 147 cm³/mol. The molecule has 2 atom stereocenters. The average Bonchev–Trinajstić information content (AvgIpc) is 3.47. The van der Waals surface area contributed by atoms with Crippen LogP contribution in [0.2, 0.25) is 0 Å². The van der Waals surface area contributed by atoms with E-state index in [4.69, 9.17) is 9.61 Å². The highest BCUT2D eigenvalue weighted by Crippen LogP contribution is 2.71. The summed E-state index contributed by atoms with van der Waals surface area (Å²) < 4.78 is 48.5. The van der Waals surface area contributed by atoms with Gasteiger partial charge in [-0.05, 0) is 79.0 Å². The van der Waals surface area contributed by atoms with Crippen LogP contribution in [0.15, 0.2) is 23.1 Å². The number of hydrogen-bond acceptors (Lipinski definition) is 7. The number of nitrogens with one attached hydrogen (secondary N) is 2. The maximum atomic E-state index is 14.1. The Balaban J connectivity index is 1.13. The normalized spacial score (nSPS) is 27.8. The number of fused-ring (bicyclic) bond motifs is 1. The Morgan fingerprint density at radius 2 is 1.72 bits per heavy atom. The van der Waals surface area contributed by atoms with Crippen LogP contribution in [-0.2, 0) is 4.79 Å². The summed E-state index contributed by atoms with van der Waals surface area (Å²) >= 11 is 0. The van der Waals surface area contributed by atoms with Crippen LogP contribution < -0.4 is 10.6 Å². The summed E-state index contributed by atoms with van der Waals surface area (Å²) in [5.74, 6) is -3.37. The molecule has 2 bridgehead atoms. The van der Waals surface area contributed by atoms with Crippen LogP contribution in [0.5, 0.6) is 0 Å². The number of nitrogens with zero attached hydrogens (tertiary/aromatic N) is 5. The number of imidazole rings is 1. The van der Waals surface area contributed by atoms with Crippen LogP contribution in [0, 0.1) is 17.3 Å². The minimum atomic E-state index is -2.73. The molecule has 2 N–H and O–H groups in total. The van der Waals surface area contributed by atoms with Crippen LogP contribution in [0.4, 0.5) is 13.2 Å².